The number of hydrogen-bond acceptors (Lipinski definition) is 11. The number of allylic oxidation sites excluding steroid dienone is 2. The molecule has 0 saturated heterocycles. The molecule has 10 nitrogen and oxygen atoms in total. The summed E-state index contributed by atoms with van der Waals surface area (Å²) in [7, 11) is 5.06. The van der Waals surface area contributed by atoms with Crippen molar-refractivity contribution in [2.24, 2.45) is 0 Å². The Balaban J connectivity index is 1.73. The third-order valence-electron chi connectivity index (χ3n) is 6.47. The number of fused-ring (bicyclic) bond motifs is 2. The summed E-state index contributed by atoms with van der Waals surface area (Å²) < 4.78 is 22.4. The van der Waals surface area contributed by atoms with Crippen LogP contribution in [0.5, 0.6) is 0 Å². The summed E-state index contributed by atoms with van der Waals surface area (Å²) in [6.07, 6.45) is 5.82. The minimum absolute atomic E-state index is 0.140. The fourth-order valence-corrected chi connectivity index (χ4v) is 6.84. The van der Waals surface area contributed by atoms with Crippen LogP contribution in [0.25, 0.3) is 16.3 Å². The van der Waals surface area contributed by atoms with Crippen LogP contribution >= 0.6 is 23.1 Å². The SMILES string of the molecule is CCN1/C(=C/C=C/c2sc3cc(C(=O)OC)c(C(=O)OC)cc3[n+]2CC)Sc2cc(C(=O)OC)c(C(=O)OC)cc21. The van der Waals surface area contributed by atoms with Crippen LogP contribution in [-0.4, -0.2) is 58.9 Å². The summed E-state index contributed by atoms with van der Waals surface area (Å²) in [5.74, 6) is -2.47. The zero-order valence-electron chi connectivity index (χ0n) is 23.4. The molecule has 0 amide bonds. The van der Waals surface area contributed by atoms with Gasteiger partial charge in [-0.1, -0.05) is 29.2 Å². The van der Waals surface area contributed by atoms with E-state index in [0.717, 1.165) is 30.8 Å². The topological polar surface area (TPSA) is 112 Å². The number of ether oxygens (including phenoxy) is 4. The number of aryl methyl sites for hydroxylation is 1. The molecule has 0 fully saturated rings. The van der Waals surface area contributed by atoms with Crippen molar-refractivity contribution < 1.29 is 42.7 Å². The number of anilines is 1. The van der Waals surface area contributed by atoms with Crippen LogP contribution in [0.1, 0.15) is 60.3 Å². The van der Waals surface area contributed by atoms with E-state index in [1.54, 1.807) is 24.3 Å². The van der Waals surface area contributed by atoms with Gasteiger partial charge in [-0.2, -0.15) is 4.57 Å². The number of carbonyl (C=O) groups is 4. The molecule has 3 aromatic rings. The van der Waals surface area contributed by atoms with Gasteiger partial charge in [-0.15, -0.1) is 0 Å². The van der Waals surface area contributed by atoms with E-state index in [9.17, 15) is 19.2 Å². The molecule has 12 heteroatoms. The number of aromatic nitrogens is 1. The number of esters is 4. The Kier molecular flexibility index (Phi) is 9.14. The van der Waals surface area contributed by atoms with Gasteiger partial charge in [0.15, 0.2) is 0 Å². The van der Waals surface area contributed by atoms with Crippen molar-refractivity contribution in [3.8, 4) is 0 Å². The van der Waals surface area contributed by atoms with Crippen molar-refractivity contribution in [3.63, 3.8) is 0 Å². The lowest BCUT2D eigenvalue weighted by molar-refractivity contribution is -0.665. The van der Waals surface area contributed by atoms with Crippen molar-refractivity contribution in [3.05, 3.63) is 68.7 Å². The Morgan fingerprint density at radius 2 is 1.34 bits per heavy atom. The minimum atomic E-state index is -0.619. The molecular formula is C29H29N2O8S2+. The summed E-state index contributed by atoms with van der Waals surface area (Å²) in [6, 6.07) is 6.62. The molecule has 0 unspecified atom stereocenters. The quantitative estimate of drug-likeness (QED) is 0.203. The minimum Gasteiger partial charge on any atom is -0.465 e. The molecule has 41 heavy (non-hydrogen) atoms. The Hall–Kier alpha value is -4.16. The second kappa shape index (κ2) is 12.6. The van der Waals surface area contributed by atoms with E-state index >= 15 is 0 Å². The van der Waals surface area contributed by atoms with E-state index in [1.165, 1.54) is 51.5 Å². The number of benzene rings is 2. The van der Waals surface area contributed by atoms with Gasteiger partial charge in [0.05, 0.1) is 61.4 Å². The summed E-state index contributed by atoms with van der Waals surface area (Å²) in [5.41, 5.74) is 2.15. The number of thioether (sulfide) groups is 1. The summed E-state index contributed by atoms with van der Waals surface area (Å²) in [4.78, 5) is 52.4. The predicted octanol–water partition coefficient (Wildman–Crippen LogP) is 4.84. The molecule has 1 aromatic heterocycles. The zero-order chi connectivity index (χ0) is 29.8. The van der Waals surface area contributed by atoms with Crippen molar-refractivity contribution in [2.45, 2.75) is 25.3 Å². The molecule has 0 N–H and O–H groups in total. The maximum absolute atomic E-state index is 12.4. The molecule has 214 valence electrons. The monoisotopic (exact) mass is 597 g/mol. The highest BCUT2D eigenvalue weighted by atomic mass is 32.2. The first-order valence-electron chi connectivity index (χ1n) is 12.6. The van der Waals surface area contributed by atoms with Gasteiger partial charge in [0.2, 0.25) is 5.52 Å². The molecule has 2 aromatic carbocycles. The van der Waals surface area contributed by atoms with Crippen molar-refractivity contribution in [1.82, 2.24) is 0 Å². The maximum atomic E-state index is 12.4. The Morgan fingerprint density at radius 1 is 0.805 bits per heavy atom. The summed E-state index contributed by atoms with van der Waals surface area (Å²) in [6.45, 7) is 5.24. The van der Waals surface area contributed by atoms with Crippen LogP contribution in [0, 0.1) is 0 Å². The highest BCUT2D eigenvalue weighted by molar-refractivity contribution is 8.03. The van der Waals surface area contributed by atoms with Gasteiger partial charge in [-0.05, 0) is 38.1 Å². The largest absolute Gasteiger partial charge is 0.465 e. The standard InChI is InChI=1S/C29H29N2O8S2/c1-7-30-20-12-16(26(32)36-3)18(28(34)38-5)14-22(20)40-24(30)10-9-11-25-31(8-2)21-13-17(27(33)37-4)19(29(35)39-6)15-23(21)41-25/h9-15H,7-8H2,1-6H3/q+1. The lowest BCUT2D eigenvalue weighted by Gasteiger charge is -2.18. The van der Waals surface area contributed by atoms with Gasteiger partial charge in [0, 0.05) is 23.6 Å². The number of hydrogen-bond donors (Lipinski definition) is 0. The van der Waals surface area contributed by atoms with E-state index in [2.05, 4.69) is 0 Å². The molecule has 2 heterocycles. The van der Waals surface area contributed by atoms with Crippen LogP contribution in [0.4, 0.5) is 5.69 Å². The second-order valence-corrected chi connectivity index (χ2v) is 10.7. The average molecular weight is 598 g/mol. The third kappa shape index (κ3) is 5.57. The van der Waals surface area contributed by atoms with Crippen molar-refractivity contribution in [2.75, 3.05) is 39.9 Å². The summed E-state index contributed by atoms with van der Waals surface area (Å²) >= 11 is 2.95. The predicted molar refractivity (Wildman–Crippen MR) is 155 cm³/mol. The molecule has 0 spiro atoms. The highest BCUT2D eigenvalue weighted by Gasteiger charge is 2.30. The smallest absolute Gasteiger partial charge is 0.338 e. The first kappa shape index (κ1) is 29.8. The molecule has 0 bridgehead atoms. The number of methoxy groups -OCH3 is 4. The van der Waals surface area contributed by atoms with Gasteiger partial charge in [0.25, 0.3) is 5.01 Å². The number of thiazole rings is 1. The molecule has 0 atom stereocenters. The van der Waals surface area contributed by atoms with E-state index in [-0.39, 0.29) is 22.3 Å². The normalized spacial score (nSPS) is 13.5. The van der Waals surface area contributed by atoms with Crippen LogP contribution in [0.15, 0.2) is 46.3 Å². The molecule has 1 aliphatic heterocycles. The van der Waals surface area contributed by atoms with E-state index < -0.39 is 23.9 Å². The fourth-order valence-electron chi connectivity index (χ4n) is 4.52. The van der Waals surface area contributed by atoms with Gasteiger partial charge in [0.1, 0.15) is 11.2 Å². The molecule has 0 aliphatic carbocycles. The van der Waals surface area contributed by atoms with Crippen LogP contribution in [0.3, 0.4) is 0 Å². The van der Waals surface area contributed by atoms with E-state index in [1.807, 2.05) is 41.5 Å². The van der Waals surface area contributed by atoms with Crippen LogP contribution in [-0.2, 0) is 25.5 Å². The number of nitrogens with zero attached hydrogens (tertiary/aromatic N) is 2. The molecule has 1 aliphatic rings. The number of carbonyl (C=O) groups excluding carboxylic acids is 4. The average Bonchev–Trinajstić information content (AvgIpc) is 3.53. The molecule has 4 rings (SSSR count). The highest BCUT2D eigenvalue weighted by Crippen LogP contribution is 2.47. The Labute approximate surface area is 245 Å². The second-order valence-electron chi connectivity index (χ2n) is 8.59. The Bertz CT molecular complexity index is 1620. The zero-order valence-corrected chi connectivity index (χ0v) is 25.1. The number of rotatable bonds is 8. The van der Waals surface area contributed by atoms with E-state index in [4.69, 9.17) is 18.9 Å². The summed E-state index contributed by atoms with van der Waals surface area (Å²) in [5, 5.41) is 1.81. The van der Waals surface area contributed by atoms with Crippen LogP contribution in [0.2, 0.25) is 0 Å². The maximum Gasteiger partial charge on any atom is 0.338 e. The first-order valence-corrected chi connectivity index (χ1v) is 14.2. The lowest BCUT2D eigenvalue weighted by Crippen LogP contribution is -2.33. The first-order chi connectivity index (χ1) is 19.7. The Morgan fingerprint density at radius 3 is 1.88 bits per heavy atom. The third-order valence-corrected chi connectivity index (χ3v) is 8.70. The van der Waals surface area contributed by atoms with Crippen molar-refractivity contribution >= 4 is 69.0 Å². The van der Waals surface area contributed by atoms with Gasteiger partial charge in [-0.3, -0.25) is 0 Å². The van der Waals surface area contributed by atoms with Crippen molar-refractivity contribution in [1.29, 1.82) is 0 Å². The molecule has 0 saturated carbocycles. The fraction of sp³-hybridized carbons (Fsp3) is 0.276. The molecular weight excluding hydrogens is 568 g/mol. The van der Waals surface area contributed by atoms with E-state index in [0.29, 0.717) is 13.1 Å². The van der Waals surface area contributed by atoms with Gasteiger partial charge >= 0.3 is 23.9 Å². The lowest BCUT2D eigenvalue weighted by atomic mass is 10.1. The van der Waals surface area contributed by atoms with Gasteiger partial charge in [-0.25, -0.2) is 19.2 Å². The molecule has 0 radical (unpaired) electrons. The van der Waals surface area contributed by atoms with Crippen LogP contribution < -0.4 is 9.47 Å². The van der Waals surface area contributed by atoms with Gasteiger partial charge < -0.3 is 23.8 Å².